The van der Waals surface area contributed by atoms with Crippen LogP contribution in [0.25, 0.3) is 11.0 Å². The number of ketones is 1. The first-order chi connectivity index (χ1) is 14.8. The van der Waals surface area contributed by atoms with E-state index in [0.717, 1.165) is 10.9 Å². The van der Waals surface area contributed by atoms with Crippen LogP contribution in [0.3, 0.4) is 0 Å². The molecule has 4 rings (SSSR count). The molecule has 8 heteroatoms. The molecule has 0 aliphatic heterocycles. The van der Waals surface area contributed by atoms with E-state index in [1.54, 1.807) is 36.7 Å². The molecule has 2 aromatic heterocycles. The quantitative estimate of drug-likeness (QED) is 0.463. The second-order valence-electron chi connectivity index (χ2n) is 6.93. The number of amides is 1. The highest BCUT2D eigenvalue weighted by Crippen LogP contribution is 2.22. The van der Waals surface area contributed by atoms with E-state index in [0.29, 0.717) is 11.1 Å². The van der Waals surface area contributed by atoms with Crippen molar-refractivity contribution in [3.63, 3.8) is 0 Å². The van der Waals surface area contributed by atoms with Crippen molar-refractivity contribution in [2.45, 2.75) is 23.3 Å². The average molecular weight is 434 g/mol. The molecular weight excluding hydrogens is 416 g/mol. The smallest absolute Gasteiger partial charge is 0.287 e. The summed E-state index contributed by atoms with van der Waals surface area (Å²) in [7, 11) is -3.71. The fraction of sp³-hybridized carbons (Fsp3) is 0.0870. The summed E-state index contributed by atoms with van der Waals surface area (Å²) in [6.45, 7) is 1.63. The molecule has 0 unspecified atom stereocenters. The lowest BCUT2D eigenvalue weighted by Crippen LogP contribution is -2.22. The minimum absolute atomic E-state index is 0.109. The maximum Gasteiger partial charge on any atom is 0.287 e. The molecule has 1 amide bonds. The summed E-state index contributed by atoms with van der Waals surface area (Å²) in [6, 6.07) is 15.5. The number of rotatable bonds is 6. The molecule has 4 aromatic rings. The van der Waals surface area contributed by atoms with E-state index < -0.39 is 9.84 Å². The predicted octanol–water partition coefficient (Wildman–Crippen LogP) is 3.79. The van der Waals surface area contributed by atoms with Crippen molar-refractivity contribution in [2.24, 2.45) is 0 Å². The van der Waals surface area contributed by atoms with Crippen LogP contribution in [-0.4, -0.2) is 25.1 Å². The van der Waals surface area contributed by atoms with Gasteiger partial charge in [0.15, 0.2) is 17.1 Å². The first-order valence-corrected chi connectivity index (χ1v) is 10.9. The van der Waals surface area contributed by atoms with Gasteiger partial charge in [0.1, 0.15) is 0 Å². The van der Waals surface area contributed by atoms with Gasteiger partial charge >= 0.3 is 0 Å². The lowest BCUT2D eigenvalue weighted by atomic mass is 10.2. The lowest BCUT2D eigenvalue weighted by Gasteiger charge is -2.07. The summed E-state index contributed by atoms with van der Waals surface area (Å²) < 4.78 is 31.1. The normalized spacial score (nSPS) is 11.4. The summed E-state index contributed by atoms with van der Waals surface area (Å²) in [6.07, 6.45) is 3.16. The van der Waals surface area contributed by atoms with Crippen LogP contribution in [-0.2, 0) is 16.4 Å². The summed E-state index contributed by atoms with van der Waals surface area (Å²) >= 11 is 0. The number of carbonyl (C=O) groups is 2. The first-order valence-electron chi connectivity index (χ1n) is 9.41. The summed E-state index contributed by atoms with van der Waals surface area (Å²) in [5, 5.41) is 3.53. The van der Waals surface area contributed by atoms with Gasteiger partial charge in [0, 0.05) is 23.7 Å². The number of Topliss-reactive ketones (excluding diaryl/α,β-unsaturated/α-hetero) is 1. The Bertz CT molecular complexity index is 1340. The van der Waals surface area contributed by atoms with Crippen LogP contribution < -0.4 is 5.32 Å². The first kappa shape index (κ1) is 20.5. The molecule has 2 aromatic carbocycles. The zero-order chi connectivity index (χ0) is 22.0. The Morgan fingerprint density at radius 1 is 0.968 bits per heavy atom. The number of nitrogens with zero attached hydrogens (tertiary/aromatic N) is 1. The third-order valence-corrected chi connectivity index (χ3v) is 6.59. The Hall–Kier alpha value is -3.78. The Morgan fingerprint density at radius 3 is 2.23 bits per heavy atom. The third kappa shape index (κ3) is 4.24. The van der Waals surface area contributed by atoms with Crippen LogP contribution in [0.2, 0.25) is 0 Å². The van der Waals surface area contributed by atoms with Crippen molar-refractivity contribution in [3.8, 4) is 0 Å². The molecule has 0 bridgehead atoms. The van der Waals surface area contributed by atoms with Crippen molar-refractivity contribution in [1.82, 2.24) is 10.3 Å². The molecule has 1 N–H and O–H groups in total. The minimum Gasteiger partial charge on any atom is -0.449 e. The molecule has 2 heterocycles. The zero-order valence-corrected chi connectivity index (χ0v) is 17.3. The van der Waals surface area contributed by atoms with Crippen LogP contribution in [0, 0.1) is 0 Å². The number of benzene rings is 2. The fourth-order valence-corrected chi connectivity index (χ4v) is 4.32. The second-order valence-corrected chi connectivity index (χ2v) is 8.88. The highest BCUT2D eigenvalue weighted by atomic mass is 32.2. The highest BCUT2D eigenvalue weighted by molar-refractivity contribution is 7.91. The van der Waals surface area contributed by atoms with Gasteiger partial charge in [0.25, 0.3) is 5.91 Å². The average Bonchev–Trinajstić information content (AvgIpc) is 3.22. The summed E-state index contributed by atoms with van der Waals surface area (Å²) in [5.41, 5.74) is 1.71. The van der Waals surface area contributed by atoms with Crippen LogP contribution in [0.15, 0.2) is 87.3 Å². The van der Waals surface area contributed by atoms with E-state index in [1.807, 2.05) is 0 Å². The van der Waals surface area contributed by atoms with Crippen molar-refractivity contribution in [2.75, 3.05) is 0 Å². The second kappa shape index (κ2) is 8.16. The zero-order valence-electron chi connectivity index (χ0n) is 16.5. The molecule has 0 atom stereocenters. The molecule has 0 saturated heterocycles. The molecule has 0 aliphatic carbocycles. The number of aromatic nitrogens is 1. The molecule has 0 saturated carbocycles. The van der Waals surface area contributed by atoms with Crippen LogP contribution >= 0.6 is 0 Å². The molecule has 0 radical (unpaired) electrons. The van der Waals surface area contributed by atoms with Gasteiger partial charge in [-0.15, -0.1) is 0 Å². The lowest BCUT2D eigenvalue weighted by molar-refractivity contribution is 0.0924. The molecule has 156 valence electrons. The predicted molar refractivity (Wildman–Crippen MR) is 114 cm³/mol. The number of furan rings is 1. The van der Waals surface area contributed by atoms with Gasteiger partial charge in [0.05, 0.1) is 16.0 Å². The number of hydrogen-bond acceptors (Lipinski definition) is 6. The maximum atomic E-state index is 12.8. The van der Waals surface area contributed by atoms with E-state index in [1.165, 1.54) is 43.3 Å². The van der Waals surface area contributed by atoms with Crippen molar-refractivity contribution in [3.05, 3.63) is 89.9 Å². The molecule has 7 nitrogen and oxygen atoms in total. The number of pyridine rings is 1. The van der Waals surface area contributed by atoms with E-state index in [9.17, 15) is 18.0 Å². The van der Waals surface area contributed by atoms with E-state index in [-0.39, 0.29) is 33.8 Å². The van der Waals surface area contributed by atoms with Gasteiger partial charge in [0.2, 0.25) is 9.84 Å². The fourth-order valence-electron chi connectivity index (χ4n) is 3.06. The van der Waals surface area contributed by atoms with Crippen LogP contribution in [0.4, 0.5) is 0 Å². The Morgan fingerprint density at radius 2 is 1.61 bits per heavy atom. The standard InChI is InChI=1S/C23H18N2O5S/c1-15(26)17-4-8-20(9-5-17)31(28,29)19-6-2-16(3-7-19)13-25-23(27)21-12-18-10-11-24-14-22(18)30-21/h2-12,14H,13H2,1H3,(H,25,27). The van der Waals surface area contributed by atoms with Gasteiger partial charge in [-0.05, 0) is 48.9 Å². The minimum atomic E-state index is -3.71. The van der Waals surface area contributed by atoms with E-state index in [4.69, 9.17) is 4.42 Å². The molecule has 0 spiro atoms. The summed E-state index contributed by atoms with van der Waals surface area (Å²) in [4.78, 5) is 27.9. The van der Waals surface area contributed by atoms with Crippen LogP contribution in [0.5, 0.6) is 0 Å². The van der Waals surface area contributed by atoms with Gasteiger partial charge in [-0.3, -0.25) is 14.6 Å². The number of sulfone groups is 1. The van der Waals surface area contributed by atoms with Crippen molar-refractivity contribution in [1.29, 1.82) is 0 Å². The number of hydrogen-bond donors (Lipinski definition) is 1. The molecule has 0 aliphatic rings. The Balaban J connectivity index is 1.45. The van der Waals surface area contributed by atoms with Crippen molar-refractivity contribution < 1.29 is 22.4 Å². The van der Waals surface area contributed by atoms with E-state index in [2.05, 4.69) is 10.3 Å². The Labute approximate surface area is 178 Å². The van der Waals surface area contributed by atoms with Crippen LogP contribution in [0.1, 0.15) is 33.4 Å². The van der Waals surface area contributed by atoms with Gasteiger partial charge in [-0.2, -0.15) is 0 Å². The molecule has 0 fully saturated rings. The third-order valence-electron chi connectivity index (χ3n) is 4.80. The monoisotopic (exact) mass is 434 g/mol. The number of nitrogens with one attached hydrogen (secondary N) is 1. The van der Waals surface area contributed by atoms with E-state index >= 15 is 0 Å². The largest absolute Gasteiger partial charge is 0.449 e. The van der Waals surface area contributed by atoms with Gasteiger partial charge in [-0.1, -0.05) is 24.3 Å². The molecular formula is C23H18N2O5S. The SMILES string of the molecule is CC(=O)c1ccc(S(=O)(=O)c2ccc(CNC(=O)c3cc4ccncc4o3)cc2)cc1. The van der Waals surface area contributed by atoms with Crippen molar-refractivity contribution >= 4 is 32.5 Å². The maximum absolute atomic E-state index is 12.8. The van der Waals surface area contributed by atoms with Gasteiger partial charge in [-0.25, -0.2) is 8.42 Å². The topological polar surface area (TPSA) is 106 Å². The number of fused-ring (bicyclic) bond motifs is 1. The van der Waals surface area contributed by atoms with Gasteiger partial charge < -0.3 is 9.73 Å². The summed E-state index contributed by atoms with van der Waals surface area (Å²) in [5.74, 6) is -0.329. The Kier molecular flexibility index (Phi) is 5.39. The highest BCUT2D eigenvalue weighted by Gasteiger charge is 2.18. The molecule has 31 heavy (non-hydrogen) atoms. The number of carbonyl (C=O) groups excluding carboxylic acids is 2.